The van der Waals surface area contributed by atoms with Gasteiger partial charge in [-0.1, -0.05) is 30.1 Å². The second-order valence-electron chi connectivity index (χ2n) is 4.35. The van der Waals surface area contributed by atoms with Crippen molar-refractivity contribution in [1.29, 1.82) is 0 Å². The van der Waals surface area contributed by atoms with Crippen LogP contribution in [0, 0.1) is 0 Å². The predicted molar refractivity (Wildman–Crippen MR) is 88.8 cm³/mol. The van der Waals surface area contributed by atoms with Crippen LogP contribution in [0.3, 0.4) is 0 Å². The molecule has 108 valence electrons. The Bertz CT molecular complexity index is 611. The second kappa shape index (κ2) is 6.83. The normalized spacial score (nSPS) is 10.8. The molecule has 0 unspecified atom stereocenters. The minimum atomic E-state index is 0.625. The highest BCUT2D eigenvalue weighted by Crippen LogP contribution is 2.28. The minimum Gasteiger partial charge on any atom is -0.378 e. The number of nitrogens with one attached hydrogen (secondary N) is 1. The van der Waals surface area contributed by atoms with E-state index in [-0.39, 0.29) is 0 Å². The van der Waals surface area contributed by atoms with Crippen molar-refractivity contribution in [2.75, 3.05) is 5.32 Å². The van der Waals surface area contributed by atoms with Gasteiger partial charge in [0.05, 0.1) is 23.0 Å². The lowest BCUT2D eigenvalue weighted by Gasteiger charge is -2.10. The van der Waals surface area contributed by atoms with Gasteiger partial charge < -0.3 is 5.32 Å². The molecule has 0 saturated carbocycles. The molecule has 6 heteroatoms. The van der Waals surface area contributed by atoms with E-state index in [0.717, 1.165) is 39.5 Å². The van der Waals surface area contributed by atoms with Crippen molar-refractivity contribution in [2.45, 2.75) is 33.4 Å². The van der Waals surface area contributed by atoms with Gasteiger partial charge in [-0.05, 0) is 47.5 Å². The Hall–Kier alpha value is -0.710. The van der Waals surface area contributed by atoms with Crippen LogP contribution in [-0.4, -0.2) is 9.78 Å². The highest BCUT2D eigenvalue weighted by atomic mass is 79.9. The maximum atomic E-state index is 6.38. The average molecular weight is 377 g/mol. The number of hydrogen-bond donors (Lipinski definition) is 1. The zero-order chi connectivity index (χ0) is 14.7. The molecule has 0 saturated heterocycles. The molecule has 0 amide bonds. The van der Waals surface area contributed by atoms with Crippen molar-refractivity contribution in [2.24, 2.45) is 0 Å². The Kier molecular flexibility index (Phi) is 5.35. The van der Waals surface area contributed by atoms with Crippen LogP contribution in [0.5, 0.6) is 0 Å². The summed E-state index contributed by atoms with van der Waals surface area (Å²) in [6.45, 7) is 5.55. The molecule has 0 spiro atoms. The van der Waals surface area contributed by atoms with Crippen LogP contribution in [-0.2, 0) is 19.5 Å². The Morgan fingerprint density at radius 2 is 2.05 bits per heavy atom. The molecule has 1 aromatic carbocycles. The van der Waals surface area contributed by atoms with Gasteiger partial charge in [-0.3, -0.25) is 4.68 Å². The van der Waals surface area contributed by atoms with Gasteiger partial charge in [-0.2, -0.15) is 5.10 Å². The Morgan fingerprint density at radius 1 is 1.30 bits per heavy atom. The van der Waals surface area contributed by atoms with Crippen molar-refractivity contribution in [1.82, 2.24) is 9.78 Å². The summed E-state index contributed by atoms with van der Waals surface area (Å²) >= 11 is 15.8. The SMILES string of the molecule is CCc1nn(CC)c(CNc2ccc(Cl)cc2Br)c1Cl. The standard InChI is InChI=1S/C14H16BrCl2N3/c1-3-11-14(17)13(20(4-2)19-11)8-18-12-6-5-9(16)7-10(12)15/h5-7,18H,3-4,8H2,1-2H3. The summed E-state index contributed by atoms with van der Waals surface area (Å²) < 4.78 is 2.87. The van der Waals surface area contributed by atoms with E-state index in [4.69, 9.17) is 23.2 Å². The van der Waals surface area contributed by atoms with Gasteiger partial charge in [0.25, 0.3) is 0 Å². The summed E-state index contributed by atoms with van der Waals surface area (Å²) in [5.74, 6) is 0. The van der Waals surface area contributed by atoms with E-state index < -0.39 is 0 Å². The van der Waals surface area contributed by atoms with Crippen LogP contribution in [0.25, 0.3) is 0 Å². The lowest BCUT2D eigenvalue weighted by atomic mass is 10.2. The summed E-state index contributed by atoms with van der Waals surface area (Å²) in [6.07, 6.45) is 0.837. The monoisotopic (exact) mass is 375 g/mol. The first-order chi connectivity index (χ1) is 9.56. The molecule has 0 atom stereocenters. The van der Waals surface area contributed by atoms with E-state index in [1.54, 1.807) is 0 Å². The van der Waals surface area contributed by atoms with E-state index >= 15 is 0 Å². The van der Waals surface area contributed by atoms with Gasteiger partial charge in [-0.15, -0.1) is 0 Å². The lowest BCUT2D eigenvalue weighted by Crippen LogP contribution is -2.08. The first-order valence-electron chi connectivity index (χ1n) is 6.49. The summed E-state index contributed by atoms with van der Waals surface area (Å²) in [6, 6.07) is 5.65. The number of aryl methyl sites for hydroxylation is 2. The third-order valence-electron chi connectivity index (χ3n) is 3.07. The molecule has 1 aromatic heterocycles. The summed E-state index contributed by atoms with van der Waals surface area (Å²) in [5.41, 5.74) is 2.93. The van der Waals surface area contributed by atoms with Crippen LogP contribution in [0.2, 0.25) is 10.0 Å². The third kappa shape index (κ3) is 3.30. The Morgan fingerprint density at radius 3 is 2.65 bits per heavy atom. The molecule has 1 N–H and O–H groups in total. The molecular weight excluding hydrogens is 361 g/mol. The number of benzene rings is 1. The van der Waals surface area contributed by atoms with Crippen LogP contribution in [0.15, 0.2) is 22.7 Å². The van der Waals surface area contributed by atoms with Gasteiger partial charge in [0.2, 0.25) is 0 Å². The second-order valence-corrected chi connectivity index (χ2v) is 6.02. The van der Waals surface area contributed by atoms with Crippen LogP contribution < -0.4 is 5.32 Å². The molecule has 0 bridgehead atoms. The van der Waals surface area contributed by atoms with Gasteiger partial charge in [0, 0.05) is 21.7 Å². The van der Waals surface area contributed by atoms with Crippen molar-refractivity contribution in [3.8, 4) is 0 Å². The fourth-order valence-electron chi connectivity index (χ4n) is 2.00. The predicted octanol–water partition coefficient (Wildman–Crippen LogP) is 5.15. The van der Waals surface area contributed by atoms with E-state index in [9.17, 15) is 0 Å². The number of hydrogen-bond acceptors (Lipinski definition) is 2. The molecule has 1 heterocycles. The first-order valence-corrected chi connectivity index (χ1v) is 8.04. The summed E-state index contributed by atoms with van der Waals surface area (Å²) in [4.78, 5) is 0. The Labute approximate surface area is 137 Å². The number of nitrogens with zero attached hydrogens (tertiary/aromatic N) is 2. The highest BCUT2D eigenvalue weighted by molar-refractivity contribution is 9.10. The number of rotatable bonds is 5. The van der Waals surface area contributed by atoms with Crippen molar-refractivity contribution in [3.63, 3.8) is 0 Å². The molecule has 20 heavy (non-hydrogen) atoms. The zero-order valence-corrected chi connectivity index (χ0v) is 14.5. The quantitative estimate of drug-likeness (QED) is 0.782. The maximum Gasteiger partial charge on any atom is 0.0868 e. The molecule has 3 nitrogen and oxygen atoms in total. The topological polar surface area (TPSA) is 29.9 Å². The molecule has 2 aromatic rings. The number of halogens is 3. The minimum absolute atomic E-state index is 0.625. The van der Waals surface area contributed by atoms with E-state index in [2.05, 4.69) is 40.2 Å². The summed E-state index contributed by atoms with van der Waals surface area (Å²) in [5, 5.41) is 9.32. The van der Waals surface area contributed by atoms with E-state index in [0.29, 0.717) is 11.6 Å². The molecule has 0 fully saturated rings. The Balaban J connectivity index is 2.20. The van der Waals surface area contributed by atoms with Crippen molar-refractivity contribution >= 4 is 44.8 Å². The van der Waals surface area contributed by atoms with Gasteiger partial charge in [0.1, 0.15) is 0 Å². The lowest BCUT2D eigenvalue weighted by molar-refractivity contribution is 0.619. The zero-order valence-electron chi connectivity index (χ0n) is 11.4. The van der Waals surface area contributed by atoms with Crippen LogP contribution >= 0.6 is 39.1 Å². The van der Waals surface area contributed by atoms with Crippen molar-refractivity contribution < 1.29 is 0 Å². The average Bonchev–Trinajstić information content (AvgIpc) is 2.74. The van der Waals surface area contributed by atoms with E-state index in [1.807, 2.05) is 22.9 Å². The van der Waals surface area contributed by atoms with E-state index in [1.165, 1.54) is 0 Å². The third-order valence-corrected chi connectivity index (χ3v) is 4.40. The molecule has 0 aliphatic carbocycles. The molecular formula is C14H16BrCl2N3. The van der Waals surface area contributed by atoms with Gasteiger partial charge >= 0.3 is 0 Å². The van der Waals surface area contributed by atoms with Gasteiger partial charge in [-0.25, -0.2) is 0 Å². The van der Waals surface area contributed by atoms with Crippen molar-refractivity contribution in [3.05, 3.63) is 44.1 Å². The highest BCUT2D eigenvalue weighted by Gasteiger charge is 2.14. The molecule has 0 radical (unpaired) electrons. The largest absolute Gasteiger partial charge is 0.378 e. The fraction of sp³-hybridized carbons (Fsp3) is 0.357. The maximum absolute atomic E-state index is 6.38. The first kappa shape index (κ1) is 15.7. The molecule has 0 aliphatic rings. The summed E-state index contributed by atoms with van der Waals surface area (Å²) in [7, 11) is 0. The van der Waals surface area contributed by atoms with Crippen LogP contribution in [0.1, 0.15) is 25.2 Å². The smallest absolute Gasteiger partial charge is 0.0868 e. The number of aromatic nitrogens is 2. The molecule has 2 rings (SSSR count). The molecule has 0 aliphatic heterocycles. The number of anilines is 1. The fourth-order valence-corrected chi connectivity index (χ4v) is 3.16. The van der Waals surface area contributed by atoms with Gasteiger partial charge in [0.15, 0.2) is 0 Å². The van der Waals surface area contributed by atoms with Crippen LogP contribution in [0.4, 0.5) is 5.69 Å².